The number of nitrogens with one attached hydrogen (secondary N) is 1. The minimum atomic E-state index is -0.0658. The zero-order valence-corrected chi connectivity index (χ0v) is 19.8. The van der Waals surface area contributed by atoms with Crippen molar-refractivity contribution in [2.24, 2.45) is 5.92 Å². The number of carbonyl (C=O) groups is 2. The van der Waals surface area contributed by atoms with Gasteiger partial charge in [-0.25, -0.2) is 0 Å². The molecule has 8 nitrogen and oxygen atoms in total. The van der Waals surface area contributed by atoms with Crippen molar-refractivity contribution in [2.75, 3.05) is 36.4 Å². The summed E-state index contributed by atoms with van der Waals surface area (Å²) >= 11 is 1.54. The topological polar surface area (TPSA) is 87.7 Å². The number of hydrogen-bond acceptors (Lipinski definition) is 7. The number of likely N-dealkylation sites (tertiary alicyclic amines) is 1. The molecule has 2 amide bonds. The van der Waals surface area contributed by atoms with Crippen LogP contribution in [0.3, 0.4) is 0 Å². The number of piperidine rings is 1. The number of hydrogen-bond donors (Lipinski definition) is 1. The van der Waals surface area contributed by atoms with E-state index in [1.165, 1.54) is 0 Å². The van der Waals surface area contributed by atoms with Crippen LogP contribution in [-0.4, -0.2) is 59.2 Å². The molecule has 4 heterocycles. The van der Waals surface area contributed by atoms with Crippen LogP contribution < -0.4 is 15.0 Å². The Morgan fingerprint density at radius 2 is 1.82 bits per heavy atom. The van der Waals surface area contributed by atoms with Crippen molar-refractivity contribution >= 4 is 34.7 Å². The number of anilines is 2. The molecule has 0 spiro atoms. The summed E-state index contributed by atoms with van der Waals surface area (Å²) in [5.41, 5.74) is 0.752. The highest BCUT2D eigenvalue weighted by Crippen LogP contribution is 2.26. The smallest absolute Gasteiger partial charge is 0.263 e. The summed E-state index contributed by atoms with van der Waals surface area (Å²) in [5.74, 6) is 1.62. The van der Waals surface area contributed by atoms with Gasteiger partial charge in [0.2, 0.25) is 5.91 Å². The summed E-state index contributed by atoms with van der Waals surface area (Å²) < 4.78 is 6.13. The Labute approximate surface area is 202 Å². The van der Waals surface area contributed by atoms with E-state index < -0.39 is 0 Å². The molecule has 2 aliphatic heterocycles. The molecule has 0 bridgehead atoms. The van der Waals surface area contributed by atoms with E-state index >= 15 is 0 Å². The first-order valence-corrected chi connectivity index (χ1v) is 12.3. The zero-order valence-electron chi connectivity index (χ0n) is 19.0. The molecule has 176 valence electrons. The van der Waals surface area contributed by atoms with Gasteiger partial charge in [-0.05, 0) is 55.5 Å². The minimum Gasteiger partial charge on any atom is -0.490 e. The van der Waals surface area contributed by atoms with E-state index in [9.17, 15) is 9.59 Å². The van der Waals surface area contributed by atoms with Crippen LogP contribution in [-0.2, 0) is 4.79 Å². The van der Waals surface area contributed by atoms with Crippen molar-refractivity contribution < 1.29 is 14.3 Å². The van der Waals surface area contributed by atoms with Gasteiger partial charge in [0, 0.05) is 55.8 Å². The van der Waals surface area contributed by atoms with E-state index in [1.807, 2.05) is 65.3 Å². The molecular formula is C25H27N5O3S. The predicted octanol–water partition coefficient (Wildman–Crippen LogP) is 3.61. The van der Waals surface area contributed by atoms with Crippen molar-refractivity contribution in [3.8, 4) is 5.75 Å². The van der Waals surface area contributed by atoms with Crippen molar-refractivity contribution in [1.29, 1.82) is 0 Å². The first-order chi connectivity index (χ1) is 16.5. The number of thiophene rings is 1. The molecule has 0 aliphatic carbocycles. The predicted molar refractivity (Wildman–Crippen MR) is 131 cm³/mol. The van der Waals surface area contributed by atoms with Gasteiger partial charge in [-0.2, -0.15) is 5.10 Å². The monoisotopic (exact) mass is 477 g/mol. The van der Waals surface area contributed by atoms with Gasteiger partial charge in [0.15, 0.2) is 5.82 Å². The van der Waals surface area contributed by atoms with E-state index in [1.54, 1.807) is 17.5 Å². The Morgan fingerprint density at radius 1 is 1.06 bits per heavy atom. The number of amides is 2. The third-order valence-electron chi connectivity index (χ3n) is 6.24. The molecule has 5 rings (SSSR count). The van der Waals surface area contributed by atoms with Crippen LogP contribution in [0.25, 0.3) is 0 Å². The molecule has 0 atom stereocenters. The van der Waals surface area contributed by atoms with Crippen LogP contribution in [0.2, 0.25) is 0 Å². The Morgan fingerprint density at radius 3 is 2.47 bits per heavy atom. The second-order valence-electron chi connectivity index (χ2n) is 8.72. The van der Waals surface area contributed by atoms with E-state index in [0.717, 1.165) is 39.9 Å². The van der Waals surface area contributed by atoms with Crippen molar-refractivity contribution in [2.45, 2.75) is 25.9 Å². The highest BCUT2D eigenvalue weighted by Gasteiger charge is 2.33. The second kappa shape index (κ2) is 9.80. The SMILES string of the molecule is Cc1ccc(C(=O)N2CCC(Oc3ccc(NC(=O)C4CN(c5cccnn5)C4)cc3)CC2)s1. The number of benzene rings is 1. The quantitative estimate of drug-likeness (QED) is 0.584. The molecule has 0 saturated carbocycles. The molecule has 2 aliphatic rings. The van der Waals surface area contributed by atoms with Gasteiger partial charge in [0.25, 0.3) is 5.91 Å². The van der Waals surface area contributed by atoms with E-state index in [2.05, 4.69) is 15.5 Å². The van der Waals surface area contributed by atoms with Crippen LogP contribution in [0.15, 0.2) is 54.7 Å². The lowest BCUT2D eigenvalue weighted by molar-refractivity contribution is -0.120. The molecule has 1 aromatic carbocycles. The normalized spacial score (nSPS) is 16.7. The average Bonchev–Trinajstić information content (AvgIpc) is 3.26. The van der Waals surface area contributed by atoms with Crippen LogP contribution >= 0.6 is 11.3 Å². The fourth-order valence-electron chi connectivity index (χ4n) is 4.23. The Kier molecular flexibility index (Phi) is 6.44. The summed E-state index contributed by atoms with van der Waals surface area (Å²) in [6.45, 7) is 4.68. The molecule has 1 N–H and O–H groups in total. The lowest BCUT2D eigenvalue weighted by atomic mass is 9.99. The number of aromatic nitrogens is 2. The van der Waals surface area contributed by atoms with Crippen LogP contribution in [0.1, 0.15) is 27.4 Å². The lowest BCUT2D eigenvalue weighted by Crippen LogP contribution is -2.52. The van der Waals surface area contributed by atoms with Crippen molar-refractivity contribution in [3.05, 3.63) is 64.5 Å². The summed E-state index contributed by atoms with van der Waals surface area (Å²) in [6.07, 6.45) is 3.33. The average molecular weight is 478 g/mol. The van der Waals surface area contributed by atoms with Gasteiger partial charge in [0.1, 0.15) is 11.9 Å². The molecule has 2 fully saturated rings. The van der Waals surface area contributed by atoms with E-state index in [0.29, 0.717) is 26.2 Å². The molecule has 0 unspecified atom stereocenters. The maximum Gasteiger partial charge on any atom is 0.263 e. The van der Waals surface area contributed by atoms with E-state index in [4.69, 9.17) is 4.74 Å². The highest BCUT2D eigenvalue weighted by atomic mass is 32.1. The fraction of sp³-hybridized carbons (Fsp3) is 0.360. The Bertz CT molecular complexity index is 1140. The van der Waals surface area contributed by atoms with Crippen molar-refractivity contribution in [1.82, 2.24) is 15.1 Å². The van der Waals surface area contributed by atoms with Gasteiger partial charge in [-0.15, -0.1) is 16.4 Å². The summed E-state index contributed by atoms with van der Waals surface area (Å²) in [5, 5.41) is 10.9. The minimum absolute atomic E-state index is 0.00628. The standard InChI is InChI=1S/C25H27N5O3S/c1-17-4-9-22(34-17)25(32)29-13-10-21(11-14-29)33-20-7-5-19(6-8-20)27-24(31)18-15-30(16-18)23-3-2-12-26-28-23/h2-9,12,18,21H,10-11,13-16H2,1H3,(H,27,31). The van der Waals surface area contributed by atoms with Gasteiger partial charge < -0.3 is 19.9 Å². The van der Waals surface area contributed by atoms with Crippen LogP contribution in [0, 0.1) is 12.8 Å². The number of rotatable bonds is 6. The van der Waals surface area contributed by atoms with Crippen LogP contribution in [0.5, 0.6) is 5.75 Å². The first-order valence-electron chi connectivity index (χ1n) is 11.5. The molecule has 34 heavy (non-hydrogen) atoms. The van der Waals surface area contributed by atoms with Gasteiger partial charge >= 0.3 is 0 Å². The van der Waals surface area contributed by atoms with Crippen molar-refractivity contribution in [3.63, 3.8) is 0 Å². The first kappa shape index (κ1) is 22.3. The van der Waals surface area contributed by atoms with Gasteiger partial charge in [-0.3, -0.25) is 9.59 Å². The van der Waals surface area contributed by atoms with Gasteiger partial charge in [-0.1, -0.05) is 0 Å². The third kappa shape index (κ3) is 5.04. The Hall–Kier alpha value is -3.46. The zero-order chi connectivity index (χ0) is 23.5. The number of aryl methyl sites for hydroxylation is 1. The maximum absolute atomic E-state index is 12.6. The van der Waals surface area contributed by atoms with E-state index in [-0.39, 0.29) is 23.8 Å². The number of carbonyl (C=O) groups excluding carboxylic acids is 2. The molecule has 2 saturated heterocycles. The van der Waals surface area contributed by atoms with Gasteiger partial charge in [0.05, 0.1) is 10.8 Å². The largest absolute Gasteiger partial charge is 0.490 e. The summed E-state index contributed by atoms with van der Waals surface area (Å²) in [4.78, 5) is 31.0. The lowest BCUT2D eigenvalue weighted by Gasteiger charge is -2.38. The highest BCUT2D eigenvalue weighted by molar-refractivity contribution is 7.13. The maximum atomic E-state index is 12.6. The third-order valence-corrected chi connectivity index (χ3v) is 7.23. The molecule has 0 radical (unpaired) electrons. The number of ether oxygens (including phenoxy) is 1. The molecule has 3 aromatic rings. The summed E-state index contributed by atoms with van der Waals surface area (Å²) in [6, 6.07) is 15.1. The summed E-state index contributed by atoms with van der Waals surface area (Å²) in [7, 11) is 0. The number of nitrogens with zero attached hydrogens (tertiary/aromatic N) is 4. The van der Waals surface area contributed by atoms with Crippen LogP contribution in [0.4, 0.5) is 11.5 Å². The Balaban J connectivity index is 1.06. The molecule has 2 aromatic heterocycles. The molecule has 9 heteroatoms. The molecular weight excluding hydrogens is 450 g/mol. The second-order valence-corrected chi connectivity index (χ2v) is 10.0. The fourth-order valence-corrected chi connectivity index (χ4v) is 5.06.